The minimum atomic E-state index is -3.32. The van der Waals surface area contributed by atoms with Gasteiger partial charge in [-0.2, -0.15) is 0 Å². The van der Waals surface area contributed by atoms with Crippen molar-refractivity contribution in [2.45, 2.75) is 38.4 Å². The van der Waals surface area contributed by atoms with Gasteiger partial charge in [-0.05, 0) is 25.8 Å². The largest absolute Gasteiger partial charge is 0.297 e. The van der Waals surface area contributed by atoms with E-state index in [4.69, 9.17) is 0 Å². The maximum absolute atomic E-state index is 11.5. The Morgan fingerprint density at radius 2 is 2.00 bits per heavy atom. The van der Waals surface area contributed by atoms with Crippen LogP contribution in [-0.4, -0.2) is 47.7 Å². The second kappa shape index (κ2) is 6.86. The van der Waals surface area contributed by atoms with E-state index in [1.54, 1.807) is 13.8 Å². The molecule has 136 valence electrons. The quantitative estimate of drug-likeness (QED) is 0.841. The number of hydrogen-bond donors (Lipinski definition) is 1. The molecule has 0 radical (unpaired) electrons. The molecule has 1 aliphatic rings. The topological polar surface area (TPSA) is 80.1 Å². The summed E-state index contributed by atoms with van der Waals surface area (Å²) >= 11 is 0. The van der Waals surface area contributed by atoms with E-state index in [0.29, 0.717) is 5.69 Å². The molecule has 3 rings (SSSR count). The molecule has 0 bridgehead atoms. The van der Waals surface area contributed by atoms with Crippen LogP contribution in [0.4, 0.5) is 0 Å². The Kier molecular flexibility index (Phi) is 4.95. The van der Waals surface area contributed by atoms with Gasteiger partial charge in [0.05, 0.1) is 24.0 Å². The van der Waals surface area contributed by atoms with Gasteiger partial charge in [-0.25, -0.2) is 17.8 Å². The fraction of sp³-hybridized carbons (Fsp3) is 0.529. The molecular weight excluding hydrogens is 338 g/mol. The predicted molar refractivity (Wildman–Crippen MR) is 96.4 cm³/mol. The first-order valence-electron chi connectivity index (χ1n) is 8.40. The Labute approximate surface area is 149 Å². The third kappa shape index (κ3) is 4.65. The zero-order valence-corrected chi connectivity index (χ0v) is 15.7. The summed E-state index contributed by atoms with van der Waals surface area (Å²) in [5.41, 5.74) is 1.15. The summed E-state index contributed by atoms with van der Waals surface area (Å²) < 4.78 is 27.5. The molecule has 0 spiro atoms. The molecule has 1 atom stereocenters. The number of nitrogens with zero attached hydrogens (tertiary/aromatic N) is 4. The molecule has 2 heterocycles. The minimum absolute atomic E-state index is 0.263. The van der Waals surface area contributed by atoms with Gasteiger partial charge in [0.25, 0.3) is 0 Å². The van der Waals surface area contributed by atoms with Gasteiger partial charge in [0, 0.05) is 19.6 Å². The summed E-state index contributed by atoms with van der Waals surface area (Å²) in [5, 5.41) is 8.43. The van der Waals surface area contributed by atoms with E-state index in [0.717, 1.165) is 32.3 Å². The molecule has 2 aromatic rings. The van der Waals surface area contributed by atoms with E-state index in [9.17, 15) is 8.42 Å². The number of hydrogen-bond acceptors (Lipinski definition) is 5. The van der Waals surface area contributed by atoms with Crippen molar-refractivity contribution in [1.29, 1.82) is 0 Å². The predicted octanol–water partition coefficient (Wildman–Crippen LogP) is 1.51. The maximum Gasteiger partial charge on any atom is 0.209 e. The highest BCUT2D eigenvalue weighted by Gasteiger charge is 2.30. The number of rotatable bonds is 6. The highest BCUT2D eigenvalue weighted by atomic mass is 32.2. The molecule has 1 fully saturated rings. The average Bonchev–Trinajstić information content (AvgIpc) is 3.14. The first-order valence-corrected chi connectivity index (χ1v) is 10.3. The Morgan fingerprint density at radius 3 is 2.68 bits per heavy atom. The van der Waals surface area contributed by atoms with Crippen LogP contribution in [-0.2, 0) is 22.1 Å². The Bertz CT molecular complexity index is 817. The van der Waals surface area contributed by atoms with Gasteiger partial charge in [-0.15, -0.1) is 5.10 Å². The van der Waals surface area contributed by atoms with E-state index >= 15 is 0 Å². The van der Waals surface area contributed by atoms with Crippen molar-refractivity contribution in [3.05, 3.63) is 47.8 Å². The molecule has 0 amide bonds. The molecule has 0 saturated carbocycles. The molecule has 1 unspecified atom stereocenters. The van der Waals surface area contributed by atoms with E-state index in [1.807, 2.05) is 16.9 Å². The number of likely N-dealkylation sites (tertiary alicyclic amines) is 1. The third-order valence-corrected chi connectivity index (χ3v) is 5.34. The number of nitrogens with one attached hydrogen (secondary N) is 1. The summed E-state index contributed by atoms with van der Waals surface area (Å²) in [6, 6.07) is 10.7. The van der Waals surface area contributed by atoms with Crippen LogP contribution in [0.25, 0.3) is 0 Å². The summed E-state index contributed by atoms with van der Waals surface area (Å²) in [6.07, 6.45) is 4.02. The highest BCUT2D eigenvalue weighted by molar-refractivity contribution is 7.88. The standard InChI is InChI=1S/C17H25N5O2S/c1-17(2,19-25(3,23)24)16-13-22(20-18-16)15-9-10-21(12-15)11-14-7-5-4-6-8-14/h4-8,13,15,19H,9-12H2,1-3H3. The van der Waals surface area contributed by atoms with Crippen molar-refractivity contribution in [2.75, 3.05) is 19.3 Å². The van der Waals surface area contributed by atoms with Gasteiger partial charge in [0.15, 0.2) is 0 Å². The summed E-state index contributed by atoms with van der Waals surface area (Å²) in [4.78, 5) is 2.40. The monoisotopic (exact) mass is 363 g/mol. The smallest absolute Gasteiger partial charge is 0.209 e. The van der Waals surface area contributed by atoms with Crippen molar-refractivity contribution in [2.24, 2.45) is 0 Å². The fourth-order valence-electron chi connectivity index (χ4n) is 3.27. The highest BCUT2D eigenvalue weighted by Crippen LogP contribution is 2.25. The summed E-state index contributed by atoms with van der Waals surface area (Å²) in [7, 11) is -3.32. The van der Waals surface area contributed by atoms with Crippen LogP contribution in [0.2, 0.25) is 0 Å². The van der Waals surface area contributed by atoms with E-state index < -0.39 is 15.6 Å². The molecule has 25 heavy (non-hydrogen) atoms. The molecular formula is C17H25N5O2S. The van der Waals surface area contributed by atoms with Crippen LogP contribution in [0.15, 0.2) is 36.5 Å². The molecule has 1 aliphatic heterocycles. The zero-order valence-electron chi connectivity index (χ0n) is 14.9. The normalized spacial score (nSPS) is 19.4. The maximum atomic E-state index is 11.5. The average molecular weight is 363 g/mol. The van der Waals surface area contributed by atoms with E-state index in [-0.39, 0.29) is 6.04 Å². The SMILES string of the molecule is CC(C)(NS(C)(=O)=O)c1cn(C2CCN(Cc3ccccc3)C2)nn1. The Hall–Kier alpha value is -1.77. The van der Waals surface area contributed by atoms with Crippen LogP contribution in [0, 0.1) is 0 Å². The molecule has 1 aromatic carbocycles. The van der Waals surface area contributed by atoms with E-state index in [2.05, 4.69) is 44.2 Å². The van der Waals surface area contributed by atoms with Gasteiger partial charge >= 0.3 is 0 Å². The fourth-order valence-corrected chi connectivity index (χ4v) is 4.30. The number of sulfonamides is 1. The molecule has 7 nitrogen and oxygen atoms in total. The van der Waals surface area contributed by atoms with Crippen molar-refractivity contribution in [3.8, 4) is 0 Å². The second-order valence-corrected chi connectivity index (χ2v) is 8.99. The van der Waals surface area contributed by atoms with Crippen LogP contribution in [0.3, 0.4) is 0 Å². The number of benzene rings is 1. The Balaban J connectivity index is 1.65. The van der Waals surface area contributed by atoms with Crippen molar-refractivity contribution < 1.29 is 8.42 Å². The van der Waals surface area contributed by atoms with Crippen LogP contribution >= 0.6 is 0 Å². The lowest BCUT2D eigenvalue weighted by molar-refractivity contribution is 0.310. The summed E-state index contributed by atoms with van der Waals surface area (Å²) in [5.74, 6) is 0. The van der Waals surface area contributed by atoms with Gasteiger partial charge < -0.3 is 0 Å². The van der Waals surface area contributed by atoms with Crippen molar-refractivity contribution >= 4 is 10.0 Å². The summed E-state index contributed by atoms with van der Waals surface area (Å²) in [6.45, 7) is 6.44. The number of aromatic nitrogens is 3. The molecule has 1 N–H and O–H groups in total. The van der Waals surface area contributed by atoms with Gasteiger partial charge in [0.1, 0.15) is 5.69 Å². The lowest BCUT2D eigenvalue weighted by Gasteiger charge is -2.22. The van der Waals surface area contributed by atoms with Gasteiger partial charge in [-0.3, -0.25) is 4.90 Å². The van der Waals surface area contributed by atoms with Crippen LogP contribution in [0.1, 0.15) is 37.6 Å². The van der Waals surface area contributed by atoms with Crippen LogP contribution in [0.5, 0.6) is 0 Å². The third-order valence-electron chi connectivity index (χ3n) is 4.46. The second-order valence-electron chi connectivity index (χ2n) is 7.25. The first kappa shape index (κ1) is 18.0. The lowest BCUT2D eigenvalue weighted by Crippen LogP contribution is -2.40. The molecule has 1 aromatic heterocycles. The van der Waals surface area contributed by atoms with Gasteiger partial charge in [0.2, 0.25) is 10.0 Å². The molecule has 8 heteroatoms. The van der Waals surface area contributed by atoms with E-state index in [1.165, 1.54) is 5.56 Å². The van der Waals surface area contributed by atoms with Crippen LogP contribution < -0.4 is 4.72 Å². The minimum Gasteiger partial charge on any atom is -0.297 e. The van der Waals surface area contributed by atoms with Crippen molar-refractivity contribution in [1.82, 2.24) is 24.6 Å². The Morgan fingerprint density at radius 1 is 1.28 bits per heavy atom. The lowest BCUT2D eigenvalue weighted by atomic mass is 10.0. The molecule has 1 saturated heterocycles. The first-order chi connectivity index (χ1) is 11.7. The van der Waals surface area contributed by atoms with Gasteiger partial charge in [-0.1, -0.05) is 35.5 Å². The van der Waals surface area contributed by atoms with Crippen molar-refractivity contribution in [3.63, 3.8) is 0 Å². The molecule has 0 aliphatic carbocycles. The zero-order chi connectivity index (χ0) is 18.1.